The van der Waals surface area contributed by atoms with Crippen molar-refractivity contribution in [2.45, 2.75) is 6.04 Å². The maximum atomic E-state index is 13.2. The van der Waals surface area contributed by atoms with Gasteiger partial charge in [0.15, 0.2) is 13.2 Å². The van der Waals surface area contributed by atoms with Gasteiger partial charge in [-0.2, -0.15) is 0 Å². The van der Waals surface area contributed by atoms with Gasteiger partial charge in [-0.25, -0.2) is 9.59 Å². The average Bonchev–Trinajstić information content (AvgIpc) is 2.90. The second kappa shape index (κ2) is 9.72. The van der Waals surface area contributed by atoms with E-state index >= 15 is 0 Å². The summed E-state index contributed by atoms with van der Waals surface area (Å²) in [5.41, 5.74) is 1.39. The standard InChI is InChI=1S/C27H21NO7/c29-25(16-34-27(31)17-32-20-12-10-19-11-13-26(30)35-24(19)14-20)28-21-8-4-5-9-23(21)33-15-22(28)18-6-2-1-3-7-18/h1-14,22H,15-17H2/t22-/m0/s1. The summed E-state index contributed by atoms with van der Waals surface area (Å²) in [6.45, 7) is -0.577. The first kappa shape index (κ1) is 22.2. The third kappa shape index (κ3) is 4.86. The molecular formula is C27H21NO7. The van der Waals surface area contributed by atoms with Gasteiger partial charge < -0.3 is 18.6 Å². The van der Waals surface area contributed by atoms with Gasteiger partial charge in [0.2, 0.25) is 0 Å². The van der Waals surface area contributed by atoms with Crippen molar-refractivity contribution >= 4 is 28.5 Å². The summed E-state index contributed by atoms with van der Waals surface area (Å²) >= 11 is 0. The van der Waals surface area contributed by atoms with Crippen molar-refractivity contribution in [3.63, 3.8) is 0 Å². The van der Waals surface area contributed by atoms with Crippen LogP contribution >= 0.6 is 0 Å². The Morgan fingerprint density at radius 3 is 2.54 bits per heavy atom. The van der Waals surface area contributed by atoms with Crippen LogP contribution in [0.5, 0.6) is 11.5 Å². The summed E-state index contributed by atoms with van der Waals surface area (Å²) < 4.78 is 21.7. The SMILES string of the molecule is O=C(COc1ccc2ccc(=O)oc2c1)OCC(=O)N1c2ccccc2OC[C@H]1c1ccccc1. The lowest BCUT2D eigenvalue weighted by atomic mass is 10.0. The highest BCUT2D eigenvalue weighted by atomic mass is 16.6. The van der Waals surface area contributed by atoms with E-state index in [2.05, 4.69) is 0 Å². The minimum absolute atomic E-state index is 0.280. The van der Waals surface area contributed by atoms with Crippen LogP contribution in [-0.4, -0.2) is 31.7 Å². The van der Waals surface area contributed by atoms with E-state index in [1.54, 1.807) is 35.2 Å². The fourth-order valence-electron chi connectivity index (χ4n) is 3.94. The Bertz CT molecular complexity index is 1430. The summed E-state index contributed by atoms with van der Waals surface area (Å²) in [4.78, 5) is 38.5. The highest BCUT2D eigenvalue weighted by Gasteiger charge is 2.33. The van der Waals surface area contributed by atoms with Crippen LogP contribution < -0.4 is 20.0 Å². The Kier molecular flexibility index (Phi) is 6.17. The molecule has 0 saturated heterocycles. The van der Waals surface area contributed by atoms with E-state index in [4.69, 9.17) is 18.6 Å². The number of hydrogen-bond donors (Lipinski definition) is 0. The van der Waals surface area contributed by atoms with Crippen molar-refractivity contribution in [1.82, 2.24) is 0 Å². The normalized spacial score (nSPS) is 14.6. The van der Waals surface area contributed by atoms with E-state index in [-0.39, 0.29) is 18.6 Å². The molecule has 1 aromatic heterocycles. The Hall–Kier alpha value is -4.59. The van der Waals surface area contributed by atoms with Gasteiger partial charge in [-0.3, -0.25) is 9.69 Å². The van der Waals surface area contributed by atoms with Crippen molar-refractivity contribution in [2.75, 3.05) is 24.7 Å². The number of esters is 1. The minimum Gasteiger partial charge on any atom is -0.489 e. The summed E-state index contributed by atoms with van der Waals surface area (Å²) in [6, 6.07) is 24.3. The average molecular weight is 471 g/mol. The zero-order valence-corrected chi connectivity index (χ0v) is 18.6. The fourth-order valence-corrected chi connectivity index (χ4v) is 3.94. The molecule has 0 unspecified atom stereocenters. The van der Waals surface area contributed by atoms with E-state index in [0.717, 1.165) is 10.9 Å². The Morgan fingerprint density at radius 2 is 1.69 bits per heavy atom. The van der Waals surface area contributed by atoms with Crippen molar-refractivity contribution in [2.24, 2.45) is 0 Å². The highest BCUT2D eigenvalue weighted by Crippen LogP contribution is 2.39. The van der Waals surface area contributed by atoms with E-state index in [1.165, 1.54) is 12.1 Å². The first-order valence-electron chi connectivity index (χ1n) is 11.0. The lowest BCUT2D eigenvalue weighted by molar-refractivity contribution is -0.150. The zero-order chi connectivity index (χ0) is 24.2. The molecule has 0 spiro atoms. The third-order valence-electron chi connectivity index (χ3n) is 5.59. The van der Waals surface area contributed by atoms with Gasteiger partial charge in [-0.1, -0.05) is 42.5 Å². The van der Waals surface area contributed by atoms with E-state index in [1.807, 2.05) is 42.5 Å². The number of para-hydroxylation sites is 2. The van der Waals surface area contributed by atoms with E-state index in [9.17, 15) is 14.4 Å². The number of anilines is 1. The van der Waals surface area contributed by atoms with Gasteiger partial charge in [0.25, 0.3) is 5.91 Å². The number of fused-ring (bicyclic) bond motifs is 2. The molecule has 0 fully saturated rings. The van der Waals surface area contributed by atoms with Gasteiger partial charge in [-0.15, -0.1) is 0 Å². The molecule has 8 nitrogen and oxygen atoms in total. The van der Waals surface area contributed by atoms with Gasteiger partial charge in [0.1, 0.15) is 23.7 Å². The summed E-state index contributed by atoms with van der Waals surface area (Å²) in [6.07, 6.45) is 0. The highest BCUT2D eigenvalue weighted by molar-refractivity contribution is 5.97. The molecule has 0 aliphatic carbocycles. The van der Waals surface area contributed by atoms with Crippen LogP contribution in [0.15, 0.2) is 94.1 Å². The number of nitrogens with zero attached hydrogens (tertiary/aromatic N) is 1. The van der Waals surface area contributed by atoms with Gasteiger partial charge in [0.05, 0.1) is 11.7 Å². The minimum atomic E-state index is -0.703. The number of hydrogen-bond acceptors (Lipinski definition) is 7. The molecule has 4 aromatic rings. The molecule has 1 amide bonds. The van der Waals surface area contributed by atoms with Crippen LogP contribution in [0.3, 0.4) is 0 Å². The number of benzene rings is 3. The maximum absolute atomic E-state index is 13.2. The Balaban J connectivity index is 1.25. The molecule has 0 N–H and O–H groups in total. The molecule has 1 atom stereocenters. The number of carbonyl (C=O) groups is 2. The fraction of sp³-hybridized carbons (Fsp3) is 0.148. The molecule has 3 aromatic carbocycles. The second-order valence-corrected chi connectivity index (χ2v) is 7.87. The first-order chi connectivity index (χ1) is 17.1. The van der Waals surface area contributed by atoms with E-state index in [0.29, 0.717) is 22.8 Å². The molecule has 2 heterocycles. The molecule has 0 radical (unpaired) electrons. The molecule has 1 aliphatic rings. The lowest BCUT2D eigenvalue weighted by Gasteiger charge is -2.37. The summed E-state index contributed by atoms with van der Waals surface area (Å²) in [7, 11) is 0. The summed E-state index contributed by atoms with van der Waals surface area (Å²) in [5.74, 6) is -0.159. The molecular weight excluding hydrogens is 450 g/mol. The van der Waals surface area contributed by atoms with Crippen molar-refractivity contribution in [1.29, 1.82) is 0 Å². The second-order valence-electron chi connectivity index (χ2n) is 7.87. The van der Waals surface area contributed by atoms with Crippen LogP contribution in [0.4, 0.5) is 5.69 Å². The van der Waals surface area contributed by atoms with Crippen LogP contribution in [-0.2, 0) is 14.3 Å². The Morgan fingerprint density at radius 1 is 0.914 bits per heavy atom. The molecule has 8 heteroatoms. The first-order valence-corrected chi connectivity index (χ1v) is 11.0. The van der Waals surface area contributed by atoms with Crippen molar-refractivity contribution in [3.8, 4) is 11.5 Å². The van der Waals surface area contributed by atoms with Gasteiger partial charge >= 0.3 is 11.6 Å². The van der Waals surface area contributed by atoms with Crippen LogP contribution in [0.1, 0.15) is 11.6 Å². The zero-order valence-electron chi connectivity index (χ0n) is 18.6. The monoisotopic (exact) mass is 471 g/mol. The largest absolute Gasteiger partial charge is 0.489 e. The molecule has 5 rings (SSSR count). The number of rotatable bonds is 6. The smallest absolute Gasteiger partial charge is 0.344 e. The van der Waals surface area contributed by atoms with Gasteiger partial charge in [-0.05, 0) is 35.9 Å². The maximum Gasteiger partial charge on any atom is 0.344 e. The molecule has 1 aliphatic heterocycles. The van der Waals surface area contributed by atoms with Crippen molar-refractivity contribution in [3.05, 3.63) is 101 Å². The topological polar surface area (TPSA) is 95.3 Å². The number of carbonyl (C=O) groups excluding carboxylic acids is 2. The number of amides is 1. The van der Waals surface area contributed by atoms with Crippen LogP contribution in [0.25, 0.3) is 11.0 Å². The molecule has 0 bridgehead atoms. The predicted molar refractivity (Wildman–Crippen MR) is 128 cm³/mol. The van der Waals surface area contributed by atoms with Crippen LogP contribution in [0.2, 0.25) is 0 Å². The summed E-state index contributed by atoms with van der Waals surface area (Å²) in [5, 5.41) is 0.726. The molecule has 176 valence electrons. The predicted octanol–water partition coefficient (Wildman–Crippen LogP) is 3.88. The molecule has 35 heavy (non-hydrogen) atoms. The third-order valence-corrected chi connectivity index (χ3v) is 5.59. The Labute approximate surface area is 200 Å². The van der Waals surface area contributed by atoms with Gasteiger partial charge in [0, 0.05) is 17.5 Å². The van der Waals surface area contributed by atoms with Crippen LogP contribution in [0, 0.1) is 0 Å². The molecule has 0 saturated carbocycles. The quantitative estimate of drug-likeness (QED) is 0.311. The lowest BCUT2D eigenvalue weighted by Crippen LogP contribution is -2.43. The van der Waals surface area contributed by atoms with Crippen molar-refractivity contribution < 1.29 is 28.2 Å². The number of ether oxygens (including phenoxy) is 3. The van der Waals surface area contributed by atoms with E-state index < -0.39 is 24.8 Å².